The summed E-state index contributed by atoms with van der Waals surface area (Å²) in [6, 6.07) is 13.0. The van der Waals surface area contributed by atoms with Crippen LogP contribution in [0.25, 0.3) is 0 Å². The summed E-state index contributed by atoms with van der Waals surface area (Å²) in [5.74, 6) is 0. The molecule has 2 aromatic carbocycles. The van der Waals surface area contributed by atoms with E-state index in [2.05, 4.69) is 0 Å². The fraction of sp³-hybridized carbons (Fsp3) is 0.0769. The molecule has 1 N–H and O–H groups in total. The number of benzene rings is 2. The van der Waals surface area contributed by atoms with Crippen molar-refractivity contribution in [2.45, 2.75) is 16.4 Å². The molecule has 0 saturated heterocycles. The third-order valence-corrected chi connectivity index (χ3v) is 3.78. The van der Waals surface area contributed by atoms with E-state index in [0.717, 1.165) is 15.4 Å². The topological polar surface area (TPSA) is 20.2 Å². The van der Waals surface area contributed by atoms with Gasteiger partial charge in [-0.1, -0.05) is 47.1 Å². The van der Waals surface area contributed by atoms with Crippen molar-refractivity contribution in [3.05, 3.63) is 58.1 Å². The van der Waals surface area contributed by atoms with E-state index >= 15 is 0 Å². The summed E-state index contributed by atoms with van der Waals surface area (Å²) in [5.41, 5.74) is 0.861. The largest absolute Gasteiger partial charge is 0.392 e. The lowest BCUT2D eigenvalue weighted by molar-refractivity contribution is 0.279. The van der Waals surface area contributed by atoms with Gasteiger partial charge in [-0.25, -0.2) is 0 Å². The molecule has 0 atom stereocenters. The first-order chi connectivity index (χ1) is 8.19. The first-order valence-corrected chi connectivity index (χ1v) is 6.59. The minimum atomic E-state index is 0.0000674. The number of aliphatic hydroxyl groups excluding tert-OH is 1. The van der Waals surface area contributed by atoms with Gasteiger partial charge in [-0.05, 0) is 35.9 Å². The second kappa shape index (κ2) is 5.78. The Labute approximate surface area is 114 Å². The smallest absolute Gasteiger partial charge is 0.0692 e. The molecule has 0 aliphatic carbocycles. The number of hydrogen-bond donors (Lipinski definition) is 1. The zero-order chi connectivity index (χ0) is 12.3. The molecule has 0 heterocycles. The maximum Gasteiger partial charge on any atom is 0.0692 e. The van der Waals surface area contributed by atoms with Crippen LogP contribution in [0.15, 0.2) is 52.3 Å². The Kier molecular flexibility index (Phi) is 4.35. The minimum absolute atomic E-state index is 0.0000674. The zero-order valence-electron chi connectivity index (χ0n) is 8.86. The molecule has 1 nitrogen and oxygen atoms in total. The minimum Gasteiger partial charge on any atom is -0.392 e. The standard InChI is InChI=1S/C13H10Cl2OS/c14-10-2-1-3-12(6-10)17-13-7-11(15)5-4-9(13)8-16/h1-7,16H,8H2. The molecule has 2 rings (SSSR count). The van der Waals surface area contributed by atoms with Gasteiger partial charge in [-0.15, -0.1) is 0 Å². The van der Waals surface area contributed by atoms with E-state index < -0.39 is 0 Å². The number of halogens is 2. The van der Waals surface area contributed by atoms with Crippen LogP contribution >= 0.6 is 35.0 Å². The van der Waals surface area contributed by atoms with Crippen LogP contribution in [0.5, 0.6) is 0 Å². The Bertz CT molecular complexity index is 529. The Balaban J connectivity index is 2.32. The second-order valence-corrected chi connectivity index (χ2v) is 5.46. The van der Waals surface area contributed by atoms with Gasteiger partial charge in [-0.2, -0.15) is 0 Å². The van der Waals surface area contributed by atoms with Gasteiger partial charge >= 0.3 is 0 Å². The zero-order valence-corrected chi connectivity index (χ0v) is 11.2. The normalized spacial score (nSPS) is 10.5. The van der Waals surface area contributed by atoms with Crippen molar-refractivity contribution >= 4 is 35.0 Å². The third-order valence-electron chi connectivity index (χ3n) is 2.22. The molecular formula is C13H10Cl2OS. The summed E-state index contributed by atoms with van der Waals surface area (Å²) in [7, 11) is 0. The average molecular weight is 285 g/mol. The van der Waals surface area contributed by atoms with Crippen molar-refractivity contribution in [3.8, 4) is 0 Å². The predicted molar refractivity (Wildman–Crippen MR) is 72.9 cm³/mol. The highest BCUT2D eigenvalue weighted by Gasteiger charge is 2.05. The first-order valence-electron chi connectivity index (χ1n) is 5.02. The summed E-state index contributed by atoms with van der Waals surface area (Å²) in [4.78, 5) is 1.97. The van der Waals surface area contributed by atoms with Crippen LogP contribution in [0.2, 0.25) is 10.0 Å². The summed E-state index contributed by atoms with van der Waals surface area (Å²) in [5, 5.41) is 10.6. The van der Waals surface area contributed by atoms with E-state index in [-0.39, 0.29) is 6.61 Å². The highest BCUT2D eigenvalue weighted by Crippen LogP contribution is 2.33. The number of aliphatic hydroxyl groups is 1. The van der Waals surface area contributed by atoms with Crippen LogP contribution in [-0.2, 0) is 6.61 Å². The number of rotatable bonds is 3. The van der Waals surface area contributed by atoms with Gasteiger partial charge in [0.1, 0.15) is 0 Å². The summed E-state index contributed by atoms with van der Waals surface area (Å²) in [6.45, 7) is 0.0000674. The van der Waals surface area contributed by atoms with Crippen molar-refractivity contribution in [2.75, 3.05) is 0 Å². The van der Waals surface area contributed by atoms with Crippen molar-refractivity contribution in [2.24, 2.45) is 0 Å². The Hall–Kier alpha value is -0.670. The molecule has 0 saturated carbocycles. The summed E-state index contributed by atoms with van der Waals surface area (Å²) < 4.78 is 0. The average Bonchev–Trinajstić information content (AvgIpc) is 2.29. The van der Waals surface area contributed by atoms with Crippen molar-refractivity contribution in [1.82, 2.24) is 0 Å². The molecule has 0 radical (unpaired) electrons. The van der Waals surface area contributed by atoms with Crippen LogP contribution in [0.4, 0.5) is 0 Å². The van der Waals surface area contributed by atoms with Gasteiger partial charge in [0.2, 0.25) is 0 Å². The molecular weight excluding hydrogens is 275 g/mol. The van der Waals surface area contributed by atoms with E-state index in [1.807, 2.05) is 36.4 Å². The van der Waals surface area contributed by atoms with Gasteiger partial charge in [-0.3, -0.25) is 0 Å². The van der Waals surface area contributed by atoms with Gasteiger partial charge < -0.3 is 5.11 Å². The van der Waals surface area contributed by atoms with E-state index in [9.17, 15) is 5.11 Å². The van der Waals surface area contributed by atoms with Gasteiger partial charge in [0.05, 0.1) is 6.61 Å². The summed E-state index contributed by atoms with van der Waals surface area (Å²) in [6.07, 6.45) is 0. The van der Waals surface area contributed by atoms with Crippen LogP contribution in [-0.4, -0.2) is 5.11 Å². The molecule has 2 aromatic rings. The SMILES string of the molecule is OCc1ccc(Cl)cc1Sc1cccc(Cl)c1. The molecule has 17 heavy (non-hydrogen) atoms. The maximum atomic E-state index is 9.26. The van der Waals surface area contributed by atoms with Crippen molar-refractivity contribution < 1.29 is 5.11 Å². The van der Waals surface area contributed by atoms with Gasteiger partial charge in [0.15, 0.2) is 0 Å². The van der Waals surface area contributed by atoms with E-state index in [1.165, 1.54) is 11.8 Å². The van der Waals surface area contributed by atoms with E-state index in [0.29, 0.717) is 10.0 Å². The quantitative estimate of drug-likeness (QED) is 0.886. The molecule has 0 aliphatic rings. The lowest BCUT2D eigenvalue weighted by Crippen LogP contribution is -1.87. The van der Waals surface area contributed by atoms with Crippen LogP contribution < -0.4 is 0 Å². The molecule has 0 aliphatic heterocycles. The Morgan fingerprint density at radius 3 is 2.47 bits per heavy atom. The lowest BCUT2D eigenvalue weighted by atomic mass is 10.2. The highest BCUT2D eigenvalue weighted by molar-refractivity contribution is 7.99. The Morgan fingerprint density at radius 2 is 1.76 bits per heavy atom. The molecule has 88 valence electrons. The molecule has 0 fully saturated rings. The van der Waals surface area contributed by atoms with Crippen LogP contribution in [0.3, 0.4) is 0 Å². The van der Waals surface area contributed by atoms with Crippen LogP contribution in [0.1, 0.15) is 5.56 Å². The second-order valence-electron chi connectivity index (χ2n) is 3.47. The fourth-order valence-electron chi connectivity index (χ4n) is 1.41. The van der Waals surface area contributed by atoms with Crippen molar-refractivity contribution in [1.29, 1.82) is 0 Å². The summed E-state index contributed by atoms with van der Waals surface area (Å²) >= 11 is 13.4. The maximum absolute atomic E-state index is 9.26. The molecule has 0 spiro atoms. The van der Waals surface area contributed by atoms with Gasteiger partial charge in [0, 0.05) is 19.8 Å². The Morgan fingerprint density at radius 1 is 1.00 bits per heavy atom. The van der Waals surface area contributed by atoms with E-state index in [4.69, 9.17) is 23.2 Å². The predicted octanol–water partition coefficient (Wildman–Crippen LogP) is 4.64. The molecule has 4 heteroatoms. The molecule has 0 aromatic heterocycles. The van der Waals surface area contributed by atoms with Gasteiger partial charge in [0.25, 0.3) is 0 Å². The molecule has 0 unspecified atom stereocenters. The lowest BCUT2D eigenvalue weighted by Gasteiger charge is -2.07. The fourth-order valence-corrected chi connectivity index (χ4v) is 2.94. The third kappa shape index (κ3) is 3.39. The monoisotopic (exact) mass is 284 g/mol. The first kappa shape index (κ1) is 12.8. The van der Waals surface area contributed by atoms with Crippen molar-refractivity contribution in [3.63, 3.8) is 0 Å². The number of hydrogen-bond acceptors (Lipinski definition) is 2. The van der Waals surface area contributed by atoms with Crippen LogP contribution in [0, 0.1) is 0 Å². The van der Waals surface area contributed by atoms with E-state index in [1.54, 1.807) is 6.07 Å². The highest BCUT2D eigenvalue weighted by atomic mass is 35.5. The molecule has 0 amide bonds. The molecule has 0 bridgehead atoms.